The maximum atomic E-state index is 10.5. The highest BCUT2D eigenvalue weighted by atomic mass is 16.4. The summed E-state index contributed by atoms with van der Waals surface area (Å²) in [4.78, 5) is 10.5. The molecule has 0 spiro atoms. The fraction of sp³-hybridized carbons (Fsp3) is 0.588. The first kappa shape index (κ1) is 17.7. The topological polar surface area (TPSA) is 37.3 Å². The van der Waals surface area contributed by atoms with E-state index in [1.807, 2.05) is 6.08 Å². The zero-order valence-corrected chi connectivity index (χ0v) is 12.8. The van der Waals surface area contributed by atoms with E-state index in [-0.39, 0.29) is 6.42 Å². The van der Waals surface area contributed by atoms with Crippen LogP contribution in [0.2, 0.25) is 0 Å². The monoisotopic (exact) mass is 264 g/mol. The molecule has 0 aliphatic heterocycles. The van der Waals surface area contributed by atoms with E-state index in [1.54, 1.807) is 0 Å². The molecule has 0 fully saturated rings. The van der Waals surface area contributed by atoms with E-state index in [9.17, 15) is 4.79 Å². The Bertz CT molecular complexity index is 355. The van der Waals surface area contributed by atoms with Gasteiger partial charge in [-0.25, -0.2) is 0 Å². The van der Waals surface area contributed by atoms with Gasteiger partial charge in [-0.15, -0.1) is 0 Å². The van der Waals surface area contributed by atoms with Gasteiger partial charge in [0.1, 0.15) is 0 Å². The van der Waals surface area contributed by atoms with E-state index >= 15 is 0 Å². The molecule has 0 rings (SSSR count). The van der Waals surface area contributed by atoms with E-state index in [2.05, 4.69) is 39.8 Å². The van der Waals surface area contributed by atoms with Crippen molar-refractivity contribution in [1.29, 1.82) is 0 Å². The highest BCUT2D eigenvalue weighted by Crippen LogP contribution is 2.14. The summed E-state index contributed by atoms with van der Waals surface area (Å²) >= 11 is 0. The number of carboxylic acid groups (broad SMARTS) is 1. The molecule has 0 saturated carbocycles. The third kappa shape index (κ3) is 11.5. The molecule has 0 bridgehead atoms. The second-order valence-electron chi connectivity index (χ2n) is 5.22. The molecule has 108 valence electrons. The Hall–Kier alpha value is -1.31. The molecule has 0 aromatic carbocycles. The summed E-state index contributed by atoms with van der Waals surface area (Å²) in [6.45, 7) is 8.50. The first-order valence-corrected chi connectivity index (χ1v) is 7.14. The molecule has 0 radical (unpaired) electrons. The predicted molar refractivity (Wildman–Crippen MR) is 82.3 cm³/mol. The van der Waals surface area contributed by atoms with Gasteiger partial charge in [-0.05, 0) is 52.9 Å². The predicted octanol–water partition coefficient (Wildman–Crippen LogP) is 5.27. The van der Waals surface area contributed by atoms with E-state index in [0.717, 1.165) is 32.1 Å². The highest BCUT2D eigenvalue weighted by molar-refractivity contribution is 5.68. The van der Waals surface area contributed by atoms with Crippen LogP contribution in [0, 0.1) is 0 Å². The lowest BCUT2D eigenvalue weighted by molar-refractivity contribution is -0.136. The van der Waals surface area contributed by atoms with Crippen LogP contribution in [0.25, 0.3) is 0 Å². The number of allylic oxidation sites excluding steroid dienone is 5. The number of carboxylic acids is 1. The number of aliphatic carboxylic acids is 1. The fourth-order valence-corrected chi connectivity index (χ4v) is 1.85. The zero-order chi connectivity index (χ0) is 14.7. The lowest BCUT2D eigenvalue weighted by atomic mass is 10.0. The largest absolute Gasteiger partial charge is 0.481 e. The zero-order valence-electron chi connectivity index (χ0n) is 12.8. The Morgan fingerprint density at radius 3 is 2.16 bits per heavy atom. The lowest BCUT2D eigenvalue weighted by Crippen LogP contribution is -1.92. The van der Waals surface area contributed by atoms with Gasteiger partial charge in [0.15, 0.2) is 0 Å². The van der Waals surface area contributed by atoms with Crippen molar-refractivity contribution in [2.75, 3.05) is 0 Å². The van der Waals surface area contributed by atoms with Crippen LogP contribution in [0.4, 0.5) is 0 Å². The molecular formula is C17H28O2. The van der Waals surface area contributed by atoms with Crippen LogP contribution < -0.4 is 0 Å². The smallest absolute Gasteiger partial charge is 0.307 e. The summed E-state index contributed by atoms with van der Waals surface area (Å²) in [5.74, 6) is -0.751. The number of hydrogen-bond donors (Lipinski definition) is 1. The van der Waals surface area contributed by atoms with Gasteiger partial charge in [0.05, 0.1) is 6.42 Å². The van der Waals surface area contributed by atoms with Crippen molar-refractivity contribution in [1.82, 2.24) is 0 Å². The Morgan fingerprint density at radius 1 is 1.00 bits per heavy atom. The minimum Gasteiger partial charge on any atom is -0.481 e. The van der Waals surface area contributed by atoms with Gasteiger partial charge in [-0.2, -0.15) is 0 Å². The van der Waals surface area contributed by atoms with Crippen molar-refractivity contribution in [3.63, 3.8) is 0 Å². The van der Waals surface area contributed by atoms with Gasteiger partial charge in [-0.3, -0.25) is 4.79 Å². The molecule has 2 nitrogen and oxygen atoms in total. The van der Waals surface area contributed by atoms with Crippen molar-refractivity contribution in [3.8, 4) is 0 Å². The first-order valence-electron chi connectivity index (χ1n) is 7.14. The molecule has 1 N–H and O–H groups in total. The van der Waals surface area contributed by atoms with Crippen molar-refractivity contribution in [3.05, 3.63) is 34.9 Å². The van der Waals surface area contributed by atoms with E-state index in [0.29, 0.717) is 0 Å². The van der Waals surface area contributed by atoms with Gasteiger partial charge in [0.25, 0.3) is 0 Å². The SMILES string of the molecule is CC/C(=C\CC(=O)O)CC/C=C(\C)CCC=C(C)C. The third-order valence-corrected chi connectivity index (χ3v) is 3.07. The molecule has 19 heavy (non-hydrogen) atoms. The third-order valence-electron chi connectivity index (χ3n) is 3.07. The van der Waals surface area contributed by atoms with Gasteiger partial charge in [-0.1, -0.05) is 41.9 Å². The molecule has 0 aliphatic rings. The maximum absolute atomic E-state index is 10.5. The van der Waals surface area contributed by atoms with Crippen LogP contribution >= 0.6 is 0 Å². The second-order valence-corrected chi connectivity index (χ2v) is 5.22. The number of carbonyl (C=O) groups is 1. The van der Waals surface area contributed by atoms with Crippen LogP contribution in [-0.4, -0.2) is 11.1 Å². The molecular weight excluding hydrogens is 236 g/mol. The van der Waals surface area contributed by atoms with Crippen molar-refractivity contribution < 1.29 is 9.90 Å². The van der Waals surface area contributed by atoms with Crippen LogP contribution in [-0.2, 0) is 4.79 Å². The van der Waals surface area contributed by atoms with Gasteiger partial charge >= 0.3 is 5.97 Å². The summed E-state index contributed by atoms with van der Waals surface area (Å²) in [6, 6.07) is 0. The van der Waals surface area contributed by atoms with Crippen molar-refractivity contribution in [2.24, 2.45) is 0 Å². The Labute approximate surface area is 117 Å². The summed E-state index contributed by atoms with van der Waals surface area (Å²) in [7, 11) is 0. The standard InChI is InChI=1S/C17H28O2/c1-5-16(12-13-17(18)19)11-7-10-15(4)9-6-8-14(2)3/h8,10,12H,5-7,9,11,13H2,1-4H3,(H,18,19)/b15-10+,16-12+. The van der Waals surface area contributed by atoms with Crippen LogP contribution in [0.15, 0.2) is 34.9 Å². The summed E-state index contributed by atoms with van der Waals surface area (Å²) in [6.07, 6.45) is 11.7. The minimum absolute atomic E-state index is 0.145. The van der Waals surface area contributed by atoms with E-state index in [1.165, 1.54) is 16.7 Å². The molecule has 2 heteroatoms. The summed E-state index contributed by atoms with van der Waals surface area (Å²) < 4.78 is 0. The molecule has 0 aliphatic carbocycles. The minimum atomic E-state index is -0.751. The van der Waals surface area contributed by atoms with E-state index < -0.39 is 5.97 Å². The second kappa shape index (κ2) is 10.6. The van der Waals surface area contributed by atoms with Crippen LogP contribution in [0.1, 0.15) is 66.2 Å². The molecule has 0 unspecified atom stereocenters. The van der Waals surface area contributed by atoms with Gasteiger partial charge < -0.3 is 5.11 Å². The first-order chi connectivity index (χ1) is 8.95. The summed E-state index contributed by atoms with van der Waals surface area (Å²) in [5.41, 5.74) is 4.04. The maximum Gasteiger partial charge on any atom is 0.307 e. The summed E-state index contributed by atoms with van der Waals surface area (Å²) in [5, 5.41) is 8.65. The Morgan fingerprint density at radius 2 is 1.63 bits per heavy atom. The Kier molecular flexibility index (Phi) is 9.87. The van der Waals surface area contributed by atoms with Crippen molar-refractivity contribution >= 4 is 5.97 Å². The average molecular weight is 264 g/mol. The normalized spacial score (nSPS) is 12.4. The molecule has 0 amide bonds. The van der Waals surface area contributed by atoms with Crippen LogP contribution in [0.3, 0.4) is 0 Å². The number of hydrogen-bond acceptors (Lipinski definition) is 1. The molecule has 0 aromatic rings. The van der Waals surface area contributed by atoms with Crippen molar-refractivity contribution in [2.45, 2.75) is 66.2 Å². The van der Waals surface area contributed by atoms with Gasteiger partial charge in [0, 0.05) is 0 Å². The lowest BCUT2D eigenvalue weighted by Gasteiger charge is -2.03. The molecule has 0 heterocycles. The van der Waals surface area contributed by atoms with Gasteiger partial charge in [0.2, 0.25) is 0 Å². The fourth-order valence-electron chi connectivity index (χ4n) is 1.85. The Balaban J connectivity index is 4.06. The average Bonchev–Trinajstić information content (AvgIpc) is 2.32. The van der Waals surface area contributed by atoms with Crippen LogP contribution in [0.5, 0.6) is 0 Å². The molecule has 0 aromatic heterocycles. The highest BCUT2D eigenvalue weighted by Gasteiger charge is 1.97. The molecule has 0 atom stereocenters. The quantitative estimate of drug-likeness (QED) is 0.576. The van der Waals surface area contributed by atoms with E-state index in [4.69, 9.17) is 5.11 Å². The number of rotatable bonds is 9. The molecule has 0 saturated heterocycles.